The van der Waals surface area contributed by atoms with Gasteiger partial charge in [-0.2, -0.15) is 5.10 Å². The summed E-state index contributed by atoms with van der Waals surface area (Å²) in [5.74, 6) is -0.273. The Morgan fingerprint density at radius 2 is 2.21 bits per heavy atom. The van der Waals surface area contributed by atoms with E-state index in [-0.39, 0.29) is 5.91 Å². The molecule has 1 amide bonds. The van der Waals surface area contributed by atoms with Gasteiger partial charge in [0, 0.05) is 24.3 Å². The SMILES string of the molecule is O=C(Nc1ccnc(Cl)c1)c1cnn2ccncc12. The zero-order chi connectivity index (χ0) is 13.2. The van der Waals surface area contributed by atoms with Crippen LogP contribution in [0.1, 0.15) is 10.4 Å². The van der Waals surface area contributed by atoms with Crippen LogP contribution in [-0.4, -0.2) is 25.5 Å². The lowest BCUT2D eigenvalue weighted by atomic mass is 10.2. The average molecular weight is 274 g/mol. The van der Waals surface area contributed by atoms with Gasteiger partial charge in [-0.25, -0.2) is 9.50 Å². The Balaban J connectivity index is 1.92. The second-order valence-corrected chi connectivity index (χ2v) is 4.17. The molecule has 0 spiro atoms. The quantitative estimate of drug-likeness (QED) is 0.725. The van der Waals surface area contributed by atoms with Crippen molar-refractivity contribution >= 4 is 28.7 Å². The van der Waals surface area contributed by atoms with Gasteiger partial charge in [-0.3, -0.25) is 9.78 Å². The molecule has 19 heavy (non-hydrogen) atoms. The van der Waals surface area contributed by atoms with Crippen LogP contribution in [0.15, 0.2) is 43.1 Å². The molecule has 7 heteroatoms. The Bertz CT molecular complexity index is 754. The van der Waals surface area contributed by atoms with Crippen molar-refractivity contribution in [1.82, 2.24) is 19.6 Å². The van der Waals surface area contributed by atoms with E-state index in [1.54, 1.807) is 35.2 Å². The number of hydrogen-bond donors (Lipinski definition) is 1. The van der Waals surface area contributed by atoms with Gasteiger partial charge < -0.3 is 5.32 Å². The van der Waals surface area contributed by atoms with Crippen molar-refractivity contribution in [3.05, 3.63) is 53.8 Å². The van der Waals surface area contributed by atoms with E-state index < -0.39 is 0 Å². The molecule has 0 aromatic carbocycles. The van der Waals surface area contributed by atoms with Crippen LogP contribution in [-0.2, 0) is 0 Å². The molecule has 0 atom stereocenters. The van der Waals surface area contributed by atoms with Gasteiger partial charge in [-0.1, -0.05) is 11.6 Å². The minimum absolute atomic E-state index is 0.273. The first-order valence-corrected chi connectivity index (χ1v) is 5.82. The smallest absolute Gasteiger partial charge is 0.259 e. The molecule has 0 aliphatic carbocycles. The number of carbonyl (C=O) groups excluding carboxylic acids is 1. The number of fused-ring (bicyclic) bond motifs is 1. The molecular formula is C12H8ClN5O. The van der Waals surface area contributed by atoms with E-state index in [2.05, 4.69) is 20.4 Å². The van der Waals surface area contributed by atoms with Gasteiger partial charge >= 0.3 is 0 Å². The number of nitrogens with zero attached hydrogens (tertiary/aromatic N) is 4. The van der Waals surface area contributed by atoms with E-state index in [0.29, 0.717) is 21.9 Å². The third-order valence-electron chi connectivity index (χ3n) is 2.55. The highest BCUT2D eigenvalue weighted by molar-refractivity contribution is 6.29. The van der Waals surface area contributed by atoms with Crippen molar-refractivity contribution < 1.29 is 4.79 Å². The highest BCUT2D eigenvalue weighted by atomic mass is 35.5. The summed E-state index contributed by atoms with van der Waals surface area (Å²) in [5.41, 5.74) is 1.66. The first kappa shape index (κ1) is 11.6. The topological polar surface area (TPSA) is 72.2 Å². The van der Waals surface area contributed by atoms with Crippen LogP contribution in [0.4, 0.5) is 5.69 Å². The molecule has 3 aromatic heterocycles. The zero-order valence-electron chi connectivity index (χ0n) is 9.62. The Hall–Kier alpha value is -2.47. The number of pyridine rings is 1. The number of anilines is 1. The minimum Gasteiger partial charge on any atom is -0.322 e. The van der Waals surface area contributed by atoms with E-state index in [1.807, 2.05) is 0 Å². The van der Waals surface area contributed by atoms with E-state index >= 15 is 0 Å². The van der Waals surface area contributed by atoms with Gasteiger partial charge in [-0.15, -0.1) is 0 Å². The lowest BCUT2D eigenvalue weighted by Crippen LogP contribution is -2.11. The predicted octanol–water partition coefficient (Wildman–Crippen LogP) is 2.03. The number of carbonyl (C=O) groups is 1. The Kier molecular flexibility index (Phi) is 2.85. The third-order valence-corrected chi connectivity index (χ3v) is 2.76. The van der Waals surface area contributed by atoms with E-state index in [9.17, 15) is 4.79 Å². The average Bonchev–Trinajstić information content (AvgIpc) is 2.82. The summed E-state index contributed by atoms with van der Waals surface area (Å²) in [4.78, 5) is 20.0. The molecule has 0 aliphatic heterocycles. The van der Waals surface area contributed by atoms with Gasteiger partial charge in [0.15, 0.2) is 0 Å². The Labute approximate surface area is 113 Å². The second-order valence-electron chi connectivity index (χ2n) is 3.79. The summed E-state index contributed by atoms with van der Waals surface area (Å²) in [6, 6.07) is 3.23. The molecule has 3 rings (SSSR count). The molecule has 0 radical (unpaired) electrons. The van der Waals surface area contributed by atoms with Crippen LogP contribution in [0, 0.1) is 0 Å². The van der Waals surface area contributed by atoms with Crippen LogP contribution < -0.4 is 5.32 Å². The molecule has 1 N–H and O–H groups in total. The number of halogens is 1. The highest BCUT2D eigenvalue weighted by Crippen LogP contribution is 2.15. The fourth-order valence-electron chi connectivity index (χ4n) is 1.69. The summed E-state index contributed by atoms with van der Waals surface area (Å²) < 4.78 is 1.58. The number of nitrogens with one attached hydrogen (secondary N) is 1. The number of rotatable bonds is 2. The number of aromatic nitrogens is 4. The summed E-state index contributed by atoms with van der Waals surface area (Å²) in [6.07, 6.45) is 7.88. The van der Waals surface area contributed by atoms with Gasteiger partial charge in [0.25, 0.3) is 5.91 Å². The van der Waals surface area contributed by atoms with Crippen LogP contribution in [0.25, 0.3) is 5.52 Å². The predicted molar refractivity (Wildman–Crippen MR) is 70.2 cm³/mol. The molecule has 0 saturated heterocycles. The fraction of sp³-hybridized carbons (Fsp3) is 0. The third kappa shape index (κ3) is 2.25. The molecule has 0 aliphatic rings. The van der Waals surface area contributed by atoms with Gasteiger partial charge in [0.2, 0.25) is 0 Å². The maximum absolute atomic E-state index is 12.1. The monoisotopic (exact) mass is 273 g/mol. The van der Waals surface area contributed by atoms with Crippen LogP contribution in [0.5, 0.6) is 0 Å². The van der Waals surface area contributed by atoms with Crippen molar-refractivity contribution in [2.24, 2.45) is 0 Å². The molecule has 0 fully saturated rings. The fourth-order valence-corrected chi connectivity index (χ4v) is 1.86. The molecule has 0 bridgehead atoms. The normalized spacial score (nSPS) is 10.6. The molecule has 3 heterocycles. The maximum atomic E-state index is 12.1. The van der Waals surface area contributed by atoms with E-state index in [1.165, 1.54) is 12.4 Å². The molecule has 3 aromatic rings. The van der Waals surface area contributed by atoms with E-state index in [4.69, 9.17) is 11.6 Å². The lowest BCUT2D eigenvalue weighted by molar-refractivity contribution is 0.102. The minimum atomic E-state index is -0.273. The van der Waals surface area contributed by atoms with Gasteiger partial charge in [0.1, 0.15) is 5.15 Å². The van der Waals surface area contributed by atoms with E-state index in [0.717, 1.165) is 0 Å². The maximum Gasteiger partial charge on any atom is 0.259 e. The number of amides is 1. The van der Waals surface area contributed by atoms with Crippen molar-refractivity contribution in [3.63, 3.8) is 0 Å². The highest BCUT2D eigenvalue weighted by Gasteiger charge is 2.12. The van der Waals surface area contributed by atoms with Crippen LogP contribution in [0.3, 0.4) is 0 Å². The standard InChI is InChI=1S/C12H8ClN5O/c13-11-5-8(1-2-15-11)17-12(19)9-6-16-18-4-3-14-7-10(9)18/h1-7H,(H,15,17,19). The summed E-state index contributed by atoms with van der Waals surface area (Å²) >= 11 is 5.76. The van der Waals surface area contributed by atoms with Crippen LogP contribution >= 0.6 is 11.6 Å². The summed E-state index contributed by atoms with van der Waals surface area (Å²) in [5, 5.41) is 7.13. The molecule has 6 nitrogen and oxygen atoms in total. The van der Waals surface area contributed by atoms with Crippen molar-refractivity contribution in [2.75, 3.05) is 5.32 Å². The molecular weight excluding hydrogens is 266 g/mol. The van der Waals surface area contributed by atoms with Crippen LogP contribution in [0.2, 0.25) is 5.15 Å². The second kappa shape index (κ2) is 4.66. The molecule has 0 saturated carbocycles. The molecule has 0 unspecified atom stereocenters. The summed E-state index contributed by atoms with van der Waals surface area (Å²) in [6.45, 7) is 0. The first-order valence-electron chi connectivity index (χ1n) is 5.44. The Morgan fingerprint density at radius 1 is 1.32 bits per heavy atom. The van der Waals surface area contributed by atoms with Gasteiger partial charge in [-0.05, 0) is 12.1 Å². The van der Waals surface area contributed by atoms with Crippen molar-refractivity contribution in [1.29, 1.82) is 0 Å². The van der Waals surface area contributed by atoms with Crippen molar-refractivity contribution in [2.45, 2.75) is 0 Å². The molecule has 94 valence electrons. The Morgan fingerprint density at radius 3 is 3.05 bits per heavy atom. The lowest BCUT2D eigenvalue weighted by Gasteiger charge is -2.03. The largest absolute Gasteiger partial charge is 0.322 e. The zero-order valence-corrected chi connectivity index (χ0v) is 10.4. The number of hydrogen-bond acceptors (Lipinski definition) is 4. The summed E-state index contributed by atoms with van der Waals surface area (Å²) in [7, 11) is 0. The van der Waals surface area contributed by atoms with Crippen molar-refractivity contribution in [3.8, 4) is 0 Å². The first-order chi connectivity index (χ1) is 9.24. The van der Waals surface area contributed by atoms with Gasteiger partial charge in [0.05, 0.1) is 23.5 Å².